The zero-order valence-corrected chi connectivity index (χ0v) is 19.5. The fraction of sp³-hybridized carbons (Fsp3) is 0.400. The molecule has 0 saturated heterocycles. The first-order valence-corrected chi connectivity index (χ1v) is 9.68. The molecule has 3 aromatic rings. The number of guanidine groups is 1. The molecule has 29 heavy (non-hydrogen) atoms. The van der Waals surface area contributed by atoms with E-state index in [2.05, 4.69) is 69.1 Å². The number of benzene rings is 1. The maximum Gasteiger partial charge on any atom is 0.191 e. The molecule has 0 saturated carbocycles. The van der Waals surface area contributed by atoms with Gasteiger partial charge in [0.05, 0.1) is 18.1 Å². The fourth-order valence-corrected chi connectivity index (χ4v) is 3.03. The number of nitrogens with zero attached hydrogens (tertiary/aromatic N) is 5. The number of hydrogen-bond donors (Lipinski definition) is 3. The van der Waals surface area contributed by atoms with Crippen molar-refractivity contribution in [1.29, 1.82) is 0 Å². The Labute approximate surface area is 188 Å². The number of aliphatic imine (C=N–C) groups is 1. The third kappa shape index (κ3) is 6.02. The van der Waals surface area contributed by atoms with Gasteiger partial charge in [-0.15, -0.1) is 24.0 Å². The van der Waals surface area contributed by atoms with E-state index in [4.69, 9.17) is 4.99 Å². The van der Waals surface area contributed by atoms with Crippen LogP contribution in [0, 0.1) is 0 Å². The lowest BCUT2D eigenvalue weighted by Crippen LogP contribution is -2.39. The molecule has 0 bridgehead atoms. The van der Waals surface area contributed by atoms with E-state index in [0.29, 0.717) is 19.6 Å². The minimum Gasteiger partial charge on any atom is -0.368 e. The van der Waals surface area contributed by atoms with Crippen LogP contribution in [0.4, 0.5) is 5.82 Å². The average molecular weight is 508 g/mol. The highest BCUT2D eigenvalue weighted by molar-refractivity contribution is 14.0. The Balaban J connectivity index is 0.00000300. The molecule has 8 nitrogen and oxygen atoms in total. The second-order valence-electron chi connectivity index (χ2n) is 6.40. The first-order valence-electron chi connectivity index (χ1n) is 9.68. The van der Waals surface area contributed by atoms with Gasteiger partial charge in [0.25, 0.3) is 0 Å². The summed E-state index contributed by atoms with van der Waals surface area (Å²) in [7, 11) is 1.87. The van der Waals surface area contributed by atoms with Crippen LogP contribution in [0.3, 0.4) is 0 Å². The first-order chi connectivity index (χ1) is 13.7. The molecule has 2 heterocycles. The molecule has 0 aliphatic carbocycles. The second-order valence-corrected chi connectivity index (χ2v) is 6.40. The van der Waals surface area contributed by atoms with E-state index in [-0.39, 0.29) is 24.0 Å². The van der Waals surface area contributed by atoms with E-state index >= 15 is 0 Å². The summed E-state index contributed by atoms with van der Waals surface area (Å²) in [5.74, 6) is 1.60. The maximum atomic E-state index is 4.72. The van der Waals surface area contributed by atoms with Crippen molar-refractivity contribution in [3.63, 3.8) is 0 Å². The maximum absolute atomic E-state index is 4.72. The van der Waals surface area contributed by atoms with E-state index in [0.717, 1.165) is 35.8 Å². The Morgan fingerprint density at radius 2 is 1.86 bits per heavy atom. The smallest absolute Gasteiger partial charge is 0.191 e. The van der Waals surface area contributed by atoms with Crippen LogP contribution in [-0.4, -0.2) is 45.3 Å². The molecule has 0 amide bonds. The summed E-state index contributed by atoms with van der Waals surface area (Å²) in [6.07, 6.45) is 4.35. The molecule has 0 spiro atoms. The zero-order valence-electron chi connectivity index (χ0n) is 17.1. The molecule has 0 unspecified atom stereocenters. The van der Waals surface area contributed by atoms with E-state index < -0.39 is 0 Å². The molecule has 0 fully saturated rings. The Morgan fingerprint density at radius 1 is 1.07 bits per heavy atom. The van der Waals surface area contributed by atoms with Gasteiger partial charge in [-0.2, -0.15) is 5.10 Å². The molecule has 2 aromatic heterocycles. The van der Waals surface area contributed by atoms with E-state index in [9.17, 15) is 0 Å². The van der Waals surface area contributed by atoms with Gasteiger partial charge >= 0.3 is 0 Å². The van der Waals surface area contributed by atoms with Crippen LogP contribution >= 0.6 is 24.0 Å². The Morgan fingerprint density at radius 3 is 2.62 bits per heavy atom. The first kappa shape index (κ1) is 22.9. The van der Waals surface area contributed by atoms with Gasteiger partial charge < -0.3 is 16.0 Å². The highest BCUT2D eigenvalue weighted by Gasteiger charge is 2.07. The van der Waals surface area contributed by atoms with Crippen molar-refractivity contribution in [2.24, 2.45) is 12.0 Å². The van der Waals surface area contributed by atoms with E-state index in [1.165, 1.54) is 11.1 Å². The summed E-state index contributed by atoms with van der Waals surface area (Å²) in [6.45, 7) is 7.13. The molecule has 0 aliphatic heterocycles. The van der Waals surface area contributed by atoms with Crippen LogP contribution in [0.5, 0.6) is 0 Å². The SMILES string of the molecule is CCNC(=NCc1ccccc1CC)NCCNc1ncnc2c1cnn2C.I. The molecule has 156 valence electrons. The standard InChI is InChI=1S/C20H28N8.HI/c1-4-15-8-6-7-9-16(15)12-24-20(21-5-2)23-11-10-22-18-17-13-27-28(3)19(17)26-14-25-18;/h6-9,13-14H,4-5,10-12H2,1-3H3,(H2,21,23,24)(H,22,25,26);1H. The van der Waals surface area contributed by atoms with Gasteiger partial charge in [-0.25, -0.2) is 15.0 Å². The largest absolute Gasteiger partial charge is 0.368 e. The molecule has 9 heteroatoms. The van der Waals surface area contributed by atoms with Crippen LogP contribution in [0.25, 0.3) is 11.0 Å². The lowest BCUT2D eigenvalue weighted by molar-refractivity contribution is 0.785. The van der Waals surface area contributed by atoms with Gasteiger partial charge in [0, 0.05) is 26.7 Å². The summed E-state index contributed by atoms with van der Waals surface area (Å²) >= 11 is 0. The number of halogens is 1. The van der Waals surface area contributed by atoms with Crippen molar-refractivity contribution < 1.29 is 0 Å². The number of nitrogens with one attached hydrogen (secondary N) is 3. The van der Waals surface area contributed by atoms with Crippen LogP contribution in [-0.2, 0) is 20.0 Å². The summed E-state index contributed by atoms with van der Waals surface area (Å²) in [4.78, 5) is 13.3. The minimum atomic E-state index is 0. The lowest BCUT2D eigenvalue weighted by Gasteiger charge is -2.13. The number of fused-ring (bicyclic) bond motifs is 1. The highest BCUT2D eigenvalue weighted by atomic mass is 127. The van der Waals surface area contributed by atoms with Crippen molar-refractivity contribution in [1.82, 2.24) is 30.4 Å². The Bertz CT molecular complexity index is 937. The van der Waals surface area contributed by atoms with Gasteiger partial charge in [0.2, 0.25) is 0 Å². The lowest BCUT2D eigenvalue weighted by atomic mass is 10.1. The predicted octanol–water partition coefficient (Wildman–Crippen LogP) is 2.71. The molecule has 0 radical (unpaired) electrons. The number of aryl methyl sites for hydroxylation is 2. The average Bonchev–Trinajstić information content (AvgIpc) is 3.11. The molecule has 0 atom stereocenters. The Kier molecular flexibility index (Phi) is 9.10. The van der Waals surface area contributed by atoms with Gasteiger partial charge in [-0.1, -0.05) is 31.2 Å². The molecule has 3 rings (SSSR count). The Hall–Kier alpha value is -2.43. The summed E-state index contributed by atoms with van der Waals surface area (Å²) < 4.78 is 1.74. The molecular weight excluding hydrogens is 479 g/mol. The number of aromatic nitrogens is 4. The number of anilines is 1. The van der Waals surface area contributed by atoms with Crippen molar-refractivity contribution >= 4 is 46.8 Å². The minimum absolute atomic E-state index is 0. The summed E-state index contributed by atoms with van der Waals surface area (Å²) in [6, 6.07) is 8.44. The number of hydrogen-bond acceptors (Lipinski definition) is 5. The quantitative estimate of drug-likeness (QED) is 0.188. The van der Waals surface area contributed by atoms with Crippen molar-refractivity contribution in [3.05, 3.63) is 47.9 Å². The van der Waals surface area contributed by atoms with Crippen molar-refractivity contribution in [2.75, 3.05) is 25.0 Å². The van der Waals surface area contributed by atoms with E-state index in [1.54, 1.807) is 17.2 Å². The van der Waals surface area contributed by atoms with Crippen molar-refractivity contribution in [3.8, 4) is 0 Å². The third-order valence-electron chi connectivity index (χ3n) is 4.49. The number of rotatable bonds is 8. The van der Waals surface area contributed by atoms with Crippen LogP contribution in [0.15, 0.2) is 41.8 Å². The molecule has 0 aliphatic rings. The van der Waals surface area contributed by atoms with E-state index in [1.807, 2.05) is 7.05 Å². The fourth-order valence-electron chi connectivity index (χ4n) is 3.03. The normalized spacial score (nSPS) is 11.2. The van der Waals surface area contributed by atoms with Gasteiger partial charge in [0.15, 0.2) is 11.6 Å². The summed E-state index contributed by atoms with van der Waals surface area (Å²) in [5, 5.41) is 15.2. The highest BCUT2D eigenvalue weighted by Crippen LogP contribution is 2.17. The van der Waals surface area contributed by atoms with Crippen LogP contribution in [0.1, 0.15) is 25.0 Å². The monoisotopic (exact) mass is 508 g/mol. The van der Waals surface area contributed by atoms with Crippen LogP contribution < -0.4 is 16.0 Å². The molecule has 3 N–H and O–H groups in total. The van der Waals surface area contributed by atoms with Gasteiger partial charge in [0.1, 0.15) is 12.1 Å². The zero-order chi connectivity index (χ0) is 19.8. The summed E-state index contributed by atoms with van der Waals surface area (Å²) in [5.41, 5.74) is 3.42. The molecule has 1 aromatic carbocycles. The van der Waals surface area contributed by atoms with Crippen LogP contribution in [0.2, 0.25) is 0 Å². The van der Waals surface area contributed by atoms with Gasteiger partial charge in [-0.3, -0.25) is 4.68 Å². The van der Waals surface area contributed by atoms with Crippen molar-refractivity contribution in [2.45, 2.75) is 26.8 Å². The molecular formula is C20H29IN8. The second kappa shape index (κ2) is 11.5. The van der Waals surface area contributed by atoms with Gasteiger partial charge in [-0.05, 0) is 24.5 Å². The predicted molar refractivity (Wildman–Crippen MR) is 129 cm³/mol. The third-order valence-corrected chi connectivity index (χ3v) is 4.49. The topological polar surface area (TPSA) is 92.1 Å².